The molecule has 4 aromatic rings. The maximum Gasteiger partial charge on any atom is 0.273 e. The van der Waals surface area contributed by atoms with Gasteiger partial charge in [0.15, 0.2) is 5.69 Å². The third-order valence-electron chi connectivity index (χ3n) is 5.73. The first-order chi connectivity index (χ1) is 16.8. The molecule has 35 heavy (non-hydrogen) atoms. The van der Waals surface area contributed by atoms with Crippen LogP contribution in [0.4, 0.5) is 5.69 Å². The van der Waals surface area contributed by atoms with E-state index in [4.69, 9.17) is 4.98 Å². The largest absolute Gasteiger partial charge is 0.350 e. The SMILES string of the molecule is CCn1cc(-c2cc(C(=O)Nc3cn(CC)nc3C(=O)NCC(C)C)c3ccccc3n2)c(C)n1. The van der Waals surface area contributed by atoms with Crippen molar-refractivity contribution in [2.24, 2.45) is 5.92 Å². The van der Waals surface area contributed by atoms with Crippen molar-refractivity contribution in [1.82, 2.24) is 29.9 Å². The van der Waals surface area contributed by atoms with Crippen molar-refractivity contribution in [3.05, 3.63) is 59.7 Å². The number of benzene rings is 1. The minimum atomic E-state index is -0.334. The highest BCUT2D eigenvalue weighted by Crippen LogP contribution is 2.28. The van der Waals surface area contributed by atoms with Crippen molar-refractivity contribution in [2.45, 2.75) is 47.7 Å². The molecule has 182 valence electrons. The second kappa shape index (κ2) is 10.1. The summed E-state index contributed by atoms with van der Waals surface area (Å²) in [5, 5.41) is 15.4. The summed E-state index contributed by atoms with van der Waals surface area (Å²) in [6.07, 6.45) is 3.62. The molecule has 0 saturated carbocycles. The first-order valence-electron chi connectivity index (χ1n) is 11.9. The van der Waals surface area contributed by atoms with E-state index in [9.17, 15) is 9.59 Å². The fraction of sp³-hybridized carbons (Fsp3) is 0.346. The second-order valence-electron chi connectivity index (χ2n) is 8.86. The van der Waals surface area contributed by atoms with Gasteiger partial charge in [0.05, 0.1) is 28.2 Å². The molecule has 3 aromatic heterocycles. The third kappa shape index (κ3) is 5.08. The topological polar surface area (TPSA) is 107 Å². The van der Waals surface area contributed by atoms with Crippen molar-refractivity contribution in [3.8, 4) is 11.3 Å². The average molecular weight is 474 g/mol. The van der Waals surface area contributed by atoms with Gasteiger partial charge in [-0.2, -0.15) is 10.2 Å². The Morgan fingerprint density at radius 1 is 1.00 bits per heavy atom. The summed E-state index contributed by atoms with van der Waals surface area (Å²) < 4.78 is 3.49. The predicted octanol–water partition coefficient (Wildman–Crippen LogP) is 4.28. The molecule has 3 heterocycles. The van der Waals surface area contributed by atoms with Crippen LogP contribution in [-0.4, -0.2) is 42.9 Å². The number of rotatable bonds is 8. The Kier molecular flexibility index (Phi) is 6.95. The smallest absolute Gasteiger partial charge is 0.273 e. The van der Waals surface area contributed by atoms with Gasteiger partial charge in [0.25, 0.3) is 11.8 Å². The second-order valence-corrected chi connectivity index (χ2v) is 8.86. The minimum Gasteiger partial charge on any atom is -0.350 e. The molecule has 2 amide bonds. The average Bonchev–Trinajstić information content (AvgIpc) is 3.44. The molecule has 0 spiro atoms. The van der Waals surface area contributed by atoms with E-state index in [0.717, 1.165) is 23.2 Å². The van der Waals surface area contributed by atoms with E-state index in [1.807, 2.05) is 69.8 Å². The van der Waals surface area contributed by atoms with E-state index in [1.165, 1.54) is 0 Å². The van der Waals surface area contributed by atoms with Crippen LogP contribution in [0.15, 0.2) is 42.7 Å². The lowest BCUT2D eigenvalue weighted by Gasteiger charge is -2.11. The van der Waals surface area contributed by atoms with Gasteiger partial charge in [-0.05, 0) is 38.8 Å². The molecule has 0 aliphatic carbocycles. The van der Waals surface area contributed by atoms with Gasteiger partial charge < -0.3 is 10.6 Å². The van der Waals surface area contributed by atoms with Gasteiger partial charge in [-0.3, -0.25) is 19.0 Å². The lowest BCUT2D eigenvalue weighted by Crippen LogP contribution is -2.28. The number of fused-ring (bicyclic) bond motifs is 1. The number of para-hydroxylation sites is 1. The van der Waals surface area contributed by atoms with Crippen molar-refractivity contribution in [2.75, 3.05) is 11.9 Å². The van der Waals surface area contributed by atoms with Gasteiger partial charge in [0, 0.05) is 43.0 Å². The minimum absolute atomic E-state index is 0.194. The number of anilines is 1. The van der Waals surface area contributed by atoms with E-state index in [1.54, 1.807) is 16.9 Å². The monoisotopic (exact) mass is 473 g/mol. The number of aromatic nitrogens is 5. The molecule has 1 aromatic carbocycles. The molecule has 0 atom stereocenters. The molecule has 9 heteroatoms. The number of aryl methyl sites for hydroxylation is 3. The van der Waals surface area contributed by atoms with Crippen LogP contribution in [0.3, 0.4) is 0 Å². The quantitative estimate of drug-likeness (QED) is 0.397. The highest BCUT2D eigenvalue weighted by molar-refractivity contribution is 6.14. The van der Waals surface area contributed by atoms with E-state index in [2.05, 4.69) is 20.8 Å². The van der Waals surface area contributed by atoms with Gasteiger partial charge >= 0.3 is 0 Å². The number of hydrogen-bond acceptors (Lipinski definition) is 5. The van der Waals surface area contributed by atoms with E-state index < -0.39 is 0 Å². The van der Waals surface area contributed by atoms with E-state index in [0.29, 0.717) is 41.5 Å². The molecule has 0 aliphatic heterocycles. The zero-order valence-electron chi connectivity index (χ0n) is 20.8. The van der Waals surface area contributed by atoms with Crippen LogP contribution in [0.5, 0.6) is 0 Å². The van der Waals surface area contributed by atoms with E-state index in [-0.39, 0.29) is 17.5 Å². The molecular formula is C26H31N7O2. The Bertz CT molecular complexity index is 1380. The van der Waals surface area contributed by atoms with Crippen LogP contribution < -0.4 is 10.6 Å². The van der Waals surface area contributed by atoms with Crippen LogP contribution in [0.1, 0.15) is 54.2 Å². The summed E-state index contributed by atoms with van der Waals surface area (Å²) in [6, 6.07) is 9.31. The first kappa shape index (κ1) is 24.1. The highest BCUT2D eigenvalue weighted by Gasteiger charge is 2.21. The molecule has 0 fully saturated rings. The lowest BCUT2D eigenvalue weighted by molar-refractivity contribution is 0.0944. The van der Waals surface area contributed by atoms with Crippen LogP contribution in [0.2, 0.25) is 0 Å². The van der Waals surface area contributed by atoms with Gasteiger partial charge in [-0.15, -0.1) is 0 Å². The Morgan fingerprint density at radius 2 is 1.71 bits per heavy atom. The number of amides is 2. The summed E-state index contributed by atoms with van der Waals surface area (Å²) in [6.45, 7) is 11.8. The van der Waals surface area contributed by atoms with Gasteiger partial charge in [0.2, 0.25) is 0 Å². The molecular weight excluding hydrogens is 442 g/mol. The zero-order valence-corrected chi connectivity index (χ0v) is 20.8. The maximum atomic E-state index is 13.6. The Balaban J connectivity index is 1.73. The molecule has 0 unspecified atom stereocenters. The number of carbonyl (C=O) groups is 2. The summed E-state index contributed by atoms with van der Waals surface area (Å²) >= 11 is 0. The summed E-state index contributed by atoms with van der Waals surface area (Å²) in [4.78, 5) is 31.1. The molecule has 0 radical (unpaired) electrons. The molecule has 0 saturated heterocycles. The van der Waals surface area contributed by atoms with Gasteiger partial charge in [-0.1, -0.05) is 32.0 Å². The van der Waals surface area contributed by atoms with Gasteiger partial charge in [0.1, 0.15) is 0 Å². The Hall–Kier alpha value is -4.01. The maximum absolute atomic E-state index is 13.6. The highest BCUT2D eigenvalue weighted by atomic mass is 16.2. The number of nitrogens with zero attached hydrogens (tertiary/aromatic N) is 5. The van der Waals surface area contributed by atoms with Crippen LogP contribution in [0, 0.1) is 12.8 Å². The van der Waals surface area contributed by atoms with Crippen molar-refractivity contribution >= 4 is 28.4 Å². The summed E-state index contributed by atoms with van der Waals surface area (Å²) in [7, 11) is 0. The fourth-order valence-corrected chi connectivity index (χ4v) is 3.85. The van der Waals surface area contributed by atoms with E-state index >= 15 is 0 Å². The first-order valence-corrected chi connectivity index (χ1v) is 11.9. The molecule has 0 aliphatic rings. The van der Waals surface area contributed by atoms with Crippen molar-refractivity contribution in [3.63, 3.8) is 0 Å². The predicted molar refractivity (Wildman–Crippen MR) is 136 cm³/mol. The summed E-state index contributed by atoms with van der Waals surface area (Å²) in [5.74, 6) is -0.351. The number of pyridine rings is 1. The number of hydrogen-bond donors (Lipinski definition) is 2. The van der Waals surface area contributed by atoms with Gasteiger partial charge in [-0.25, -0.2) is 4.98 Å². The lowest BCUT2D eigenvalue weighted by atomic mass is 10.0. The number of nitrogens with one attached hydrogen (secondary N) is 2. The Morgan fingerprint density at radius 3 is 2.40 bits per heavy atom. The Labute approximate surface area is 204 Å². The van der Waals surface area contributed by atoms with Crippen LogP contribution in [0.25, 0.3) is 22.2 Å². The normalized spacial score (nSPS) is 11.3. The molecule has 0 bridgehead atoms. The van der Waals surface area contributed by atoms with Crippen molar-refractivity contribution < 1.29 is 9.59 Å². The van der Waals surface area contributed by atoms with Crippen LogP contribution in [-0.2, 0) is 13.1 Å². The summed E-state index contributed by atoms with van der Waals surface area (Å²) in [5.41, 5.74) is 4.12. The number of carbonyl (C=O) groups excluding carboxylic acids is 2. The standard InChI is InChI=1S/C26H31N7O2/c1-6-32-14-20(17(5)30-32)22-12-19(18-10-8-9-11-21(18)28-22)25(34)29-23-15-33(7-2)31-24(23)26(35)27-13-16(3)4/h8-12,14-16H,6-7,13H2,1-5H3,(H,27,35)(H,29,34). The zero-order chi connectivity index (χ0) is 25.1. The molecule has 2 N–H and O–H groups in total. The van der Waals surface area contributed by atoms with Crippen molar-refractivity contribution in [1.29, 1.82) is 0 Å². The fourth-order valence-electron chi connectivity index (χ4n) is 3.85. The molecule has 4 rings (SSSR count). The van der Waals surface area contributed by atoms with Crippen LogP contribution >= 0.6 is 0 Å². The third-order valence-corrected chi connectivity index (χ3v) is 5.73. The molecule has 9 nitrogen and oxygen atoms in total.